The normalized spacial score (nSPS) is 11.1. The quantitative estimate of drug-likeness (QED) is 0.229. The van der Waals surface area contributed by atoms with Gasteiger partial charge in [-0.25, -0.2) is 4.98 Å². The van der Waals surface area contributed by atoms with E-state index in [9.17, 15) is 14.4 Å². The van der Waals surface area contributed by atoms with Crippen LogP contribution in [-0.2, 0) is 9.59 Å². The first-order chi connectivity index (χ1) is 17.4. The van der Waals surface area contributed by atoms with Crippen LogP contribution in [0.25, 0.3) is 27.6 Å². The molecule has 0 bridgehead atoms. The van der Waals surface area contributed by atoms with Crippen molar-refractivity contribution < 1.29 is 9.59 Å². The Labute approximate surface area is 210 Å². The second-order valence-corrected chi connectivity index (χ2v) is 9.26. The number of benzene rings is 3. The number of carbonyl (C=O) groups is 2. The van der Waals surface area contributed by atoms with E-state index in [1.807, 2.05) is 55.5 Å². The zero-order chi connectivity index (χ0) is 25.2. The van der Waals surface area contributed by atoms with E-state index in [-0.39, 0.29) is 23.1 Å². The first kappa shape index (κ1) is 23.4. The standard InChI is InChI=1S/C27H23N5O3S/c1-16-8-3-6-13-22(16)32-26(35)25-24(20-11-4-5-12-21(20)30-25)31-27(32)36-15-23(34)29-19-10-7-9-18(14-19)28-17(2)33/h3-14,30H,15H2,1-2H3,(H,28,33)(H,29,34). The Hall–Kier alpha value is -4.37. The van der Waals surface area contributed by atoms with Crippen LogP contribution in [0.2, 0.25) is 0 Å². The summed E-state index contributed by atoms with van der Waals surface area (Å²) in [6.07, 6.45) is 0. The Morgan fingerprint density at radius 3 is 2.47 bits per heavy atom. The van der Waals surface area contributed by atoms with E-state index in [4.69, 9.17) is 4.98 Å². The van der Waals surface area contributed by atoms with Gasteiger partial charge >= 0.3 is 0 Å². The van der Waals surface area contributed by atoms with E-state index in [1.165, 1.54) is 18.7 Å². The van der Waals surface area contributed by atoms with E-state index in [2.05, 4.69) is 15.6 Å². The molecule has 0 spiro atoms. The Kier molecular flexibility index (Phi) is 6.30. The van der Waals surface area contributed by atoms with Crippen LogP contribution in [0.15, 0.2) is 82.7 Å². The summed E-state index contributed by atoms with van der Waals surface area (Å²) < 4.78 is 1.56. The zero-order valence-corrected chi connectivity index (χ0v) is 20.5. The summed E-state index contributed by atoms with van der Waals surface area (Å²) in [6.45, 7) is 3.35. The topological polar surface area (TPSA) is 109 Å². The largest absolute Gasteiger partial charge is 0.349 e. The van der Waals surface area contributed by atoms with Gasteiger partial charge in [-0.2, -0.15) is 0 Å². The van der Waals surface area contributed by atoms with Crippen molar-refractivity contribution in [2.75, 3.05) is 16.4 Å². The molecule has 0 saturated carbocycles. The highest BCUT2D eigenvalue weighted by Crippen LogP contribution is 2.27. The van der Waals surface area contributed by atoms with E-state index < -0.39 is 0 Å². The van der Waals surface area contributed by atoms with E-state index in [1.54, 1.807) is 28.8 Å². The number of nitrogens with one attached hydrogen (secondary N) is 3. The highest BCUT2D eigenvalue weighted by molar-refractivity contribution is 7.99. The number of thioether (sulfide) groups is 1. The van der Waals surface area contributed by atoms with Crippen molar-refractivity contribution in [2.45, 2.75) is 19.0 Å². The molecule has 9 heteroatoms. The Bertz CT molecular complexity index is 1690. The highest BCUT2D eigenvalue weighted by atomic mass is 32.2. The van der Waals surface area contributed by atoms with Crippen molar-refractivity contribution in [1.29, 1.82) is 0 Å². The van der Waals surface area contributed by atoms with Gasteiger partial charge in [-0.3, -0.25) is 19.0 Å². The number of H-pyrrole nitrogens is 1. The molecule has 0 aliphatic rings. The van der Waals surface area contributed by atoms with E-state index >= 15 is 0 Å². The zero-order valence-electron chi connectivity index (χ0n) is 19.7. The first-order valence-electron chi connectivity index (χ1n) is 11.3. The summed E-state index contributed by atoms with van der Waals surface area (Å²) in [5, 5.41) is 6.81. The van der Waals surface area contributed by atoms with Crippen LogP contribution in [0.4, 0.5) is 11.4 Å². The number of amides is 2. The molecular formula is C27H23N5O3S. The maximum absolute atomic E-state index is 13.7. The molecule has 0 unspecified atom stereocenters. The van der Waals surface area contributed by atoms with Crippen molar-refractivity contribution in [3.05, 3.63) is 88.7 Å². The summed E-state index contributed by atoms with van der Waals surface area (Å²) in [5.41, 5.74) is 4.37. The Morgan fingerprint density at radius 2 is 1.69 bits per heavy atom. The van der Waals surface area contributed by atoms with Gasteiger partial charge in [0.1, 0.15) is 11.0 Å². The van der Waals surface area contributed by atoms with Crippen LogP contribution in [0.5, 0.6) is 0 Å². The number of aryl methyl sites for hydroxylation is 1. The first-order valence-corrected chi connectivity index (χ1v) is 12.3. The van der Waals surface area contributed by atoms with Crippen LogP contribution >= 0.6 is 11.8 Å². The summed E-state index contributed by atoms with van der Waals surface area (Å²) in [6, 6.07) is 22.1. The molecule has 2 amide bonds. The minimum absolute atomic E-state index is 0.0382. The van der Waals surface area contributed by atoms with Gasteiger partial charge in [0.15, 0.2) is 5.16 Å². The van der Waals surface area contributed by atoms with Crippen molar-refractivity contribution in [2.24, 2.45) is 0 Å². The number of aromatic amines is 1. The molecule has 0 fully saturated rings. The monoisotopic (exact) mass is 497 g/mol. The lowest BCUT2D eigenvalue weighted by Gasteiger charge is -2.14. The SMILES string of the molecule is CC(=O)Nc1cccc(NC(=O)CSc2nc3c([nH]c4ccccc43)c(=O)n2-c2ccccc2C)c1. The summed E-state index contributed by atoms with van der Waals surface area (Å²) in [5.74, 6) is -0.414. The van der Waals surface area contributed by atoms with Crippen LogP contribution in [-0.4, -0.2) is 32.1 Å². The average molecular weight is 498 g/mol. The number of anilines is 2. The predicted octanol–water partition coefficient (Wildman–Crippen LogP) is 4.86. The molecule has 2 aromatic heterocycles. The fraction of sp³-hybridized carbons (Fsp3) is 0.111. The number of fused-ring (bicyclic) bond motifs is 3. The molecule has 0 saturated heterocycles. The second-order valence-electron chi connectivity index (χ2n) is 8.31. The molecule has 0 aliphatic carbocycles. The van der Waals surface area contributed by atoms with Crippen LogP contribution in [0.1, 0.15) is 12.5 Å². The van der Waals surface area contributed by atoms with Gasteiger partial charge in [0.2, 0.25) is 11.8 Å². The minimum Gasteiger partial charge on any atom is -0.349 e. The maximum atomic E-state index is 13.7. The second kappa shape index (κ2) is 9.71. The molecule has 3 aromatic carbocycles. The van der Waals surface area contributed by atoms with Gasteiger partial charge in [0.25, 0.3) is 5.56 Å². The number of aromatic nitrogens is 3. The third-order valence-corrected chi connectivity index (χ3v) is 6.59. The maximum Gasteiger partial charge on any atom is 0.283 e. The van der Waals surface area contributed by atoms with Gasteiger partial charge in [-0.1, -0.05) is 54.2 Å². The molecule has 8 nitrogen and oxygen atoms in total. The summed E-state index contributed by atoms with van der Waals surface area (Å²) in [4.78, 5) is 45.8. The molecule has 0 aliphatic heterocycles. The number of nitrogens with zero attached hydrogens (tertiary/aromatic N) is 2. The van der Waals surface area contributed by atoms with Crippen molar-refractivity contribution in [1.82, 2.24) is 14.5 Å². The summed E-state index contributed by atoms with van der Waals surface area (Å²) in [7, 11) is 0. The van der Waals surface area contributed by atoms with Crippen LogP contribution < -0.4 is 16.2 Å². The number of para-hydroxylation sites is 2. The van der Waals surface area contributed by atoms with Gasteiger partial charge in [0.05, 0.1) is 11.4 Å². The Morgan fingerprint density at radius 1 is 0.972 bits per heavy atom. The third kappa shape index (κ3) is 4.60. The molecule has 2 heterocycles. The van der Waals surface area contributed by atoms with Gasteiger partial charge < -0.3 is 15.6 Å². The smallest absolute Gasteiger partial charge is 0.283 e. The lowest BCUT2D eigenvalue weighted by atomic mass is 10.2. The lowest BCUT2D eigenvalue weighted by molar-refractivity contribution is -0.114. The van der Waals surface area contributed by atoms with Crippen LogP contribution in [0, 0.1) is 6.92 Å². The predicted molar refractivity (Wildman–Crippen MR) is 144 cm³/mol. The Balaban J connectivity index is 1.50. The molecule has 0 atom stereocenters. The summed E-state index contributed by atoms with van der Waals surface area (Å²) >= 11 is 1.19. The molecule has 5 aromatic rings. The third-order valence-electron chi connectivity index (χ3n) is 5.65. The highest BCUT2D eigenvalue weighted by Gasteiger charge is 2.19. The minimum atomic E-state index is -0.260. The van der Waals surface area contributed by atoms with Crippen molar-refractivity contribution in [3.63, 3.8) is 0 Å². The average Bonchev–Trinajstić information content (AvgIpc) is 3.22. The fourth-order valence-electron chi connectivity index (χ4n) is 4.07. The molecule has 36 heavy (non-hydrogen) atoms. The molecular weight excluding hydrogens is 474 g/mol. The van der Waals surface area contributed by atoms with E-state index in [0.29, 0.717) is 33.3 Å². The lowest BCUT2D eigenvalue weighted by Crippen LogP contribution is -2.23. The van der Waals surface area contributed by atoms with Gasteiger partial charge in [-0.15, -0.1) is 0 Å². The number of rotatable bonds is 6. The number of carbonyl (C=O) groups excluding carboxylic acids is 2. The molecule has 180 valence electrons. The molecule has 0 radical (unpaired) electrons. The fourth-order valence-corrected chi connectivity index (χ4v) is 4.87. The van der Waals surface area contributed by atoms with Crippen LogP contribution in [0.3, 0.4) is 0 Å². The van der Waals surface area contributed by atoms with E-state index in [0.717, 1.165) is 16.5 Å². The van der Waals surface area contributed by atoms with Crippen molar-refractivity contribution >= 4 is 56.9 Å². The van der Waals surface area contributed by atoms with Crippen molar-refractivity contribution in [3.8, 4) is 5.69 Å². The van der Waals surface area contributed by atoms with Gasteiger partial charge in [-0.05, 0) is 42.8 Å². The van der Waals surface area contributed by atoms with Gasteiger partial charge in [0, 0.05) is 29.2 Å². The number of hydrogen-bond donors (Lipinski definition) is 3. The number of hydrogen-bond acceptors (Lipinski definition) is 5. The molecule has 3 N–H and O–H groups in total. The molecule has 5 rings (SSSR count).